The summed E-state index contributed by atoms with van der Waals surface area (Å²) in [6.45, 7) is 2.01. The van der Waals surface area contributed by atoms with Crippen molar-refractivity contribution in [1.82, 2.24) is 15.0 Å². The second-order valence-electron chi connectivity index (χ2n) is 4.57. The summed E-state index contributed by atoms with van der Waals surface area (Å²) in [4.78, 5) is 23.6. The molecule has 0 radical (unpaired) electrons. The number of benzene rings is 1. The van der Waals surface area contributed by atoms with Gasteiger partial charge in [-0.1, -0.05) is 30.0 Å². The van der Waals surface area contributed by atoms with Crippen LogP contribution in [0, 0.1) is 6.92 Å². The minimum Gasteiger partial charge on any atom is -0.339 e. The third kappa shape index (κ3) is 2.62. The van der Waals surface area contributed by atoms with Gasteiger partial charge in [-0.2, -0.15) is 0 Å². The number of para-hydroxylation sites is 1. The standard InChI is InChI=1S/C15H14N4OS/c1-9-5-3-4-6-10(9)17-13-12-11(7-8-16-14(12)20)18-15(19-13)21-2/h3-8H,1-2H3,(H,16,20)(H,17,18,19). The molecule has 0 amide bonds. The van der Waals surface area contributed by atoms with Crippen LogP contribution in [0.4, 0.5) is 11.5 Å². The predicted octanol–water partition coefficient (Wildman–Crippen LogP) is 3.09. The maximum Gasteiger partial charge on any atom is 0.261 e. The minimum atomic E-state index is -0.198. The van der Waals surface area contributed by atoms with E-state index < -0.39 is 0 Å². The van der Waals surface area contributed by atoms with Crippen LogP contribution in [0.2, 0.25) is 0 Å². The average molecular weight is 298 g/mol. The van der Waals surface area contributed by atoms with Gasteiger partial charge in [0.1, 0.15) is 11.2 Å². The lowest BCUT2D eigenvalue weighted by atomic mass is 10.2. The van der Waals surface area contributed by atoms with Gasteiger partial charge in [-0.25, -0.2) is 9.97 Å². The van der Waals surface area contributed by atoms with Crippen molar-refractivity contribution >= 4 is 34.2 Å². The quantitative estimate of drug-likeness (QED) is 0.574. The monoisotopic (exact) mass is 298 g/mol. The van der Waals surface area contributed by atoms with Gasteiger partial charge in [-0.3, -0.25) is 4.79 Å². The number of pyridine rings is 1. The smallest absolute Gasteiger partial charge is 0.261 e. The van der Waals surface area contributed by atoms with Gasteiger partial charge in [0.05, 0.1) is 5.52 Å². The molecule has 106 valence electrons. The average Bonchev–Trinajstić information content (AvgIpc) is 2.49. The molecule has 0 aliphatic rings. The van der Waals surface area contributed by atoms with Crippen molar-refractivity contribution in [2.75, 3.05) is 11.6 Å². The Morgan fingerprint density at radius 2 is 2.00 bits per heavy atom. The third-order valence-corrected chi connectivity index (χ3v) is 3.73. The predicted molar refractivity (Wildman–Crippen MR) is 86.4 cm³/mol. The molecule has 0 bridgehead atoms. The number of nitrogens with one attached hydrogen (secondary N) is 2. The van der Waals surface area contributed by atoms with E-state index in [0.717, 1.165) is 11.3 Å². The van der Waals surface area contributed by atoms with Crippen molar-refractivity contribution in [2.45, 2.75) is 12.1 Å². The second kappa shape index (κ2) is 5.57. The first-order chi connectivity index (χ1) is 10.2. The van der Waals surface area contributed by atoms with Crippen molar-refractivity contribution in [3.05, 3.63) is 52.4 Å². The van der Waals surface area contributed by atoms with Crippen LogP contribution < -0.4 is 10.9 Å². The molecule has 0 aliphatic heterocycles. The number of anilines is 2. The van der Waals surface area contributed by atoms with E-state index in [1.54, 1.807) is 12.3 Å². The van der Waals surface area contributed by atoms with E-state index in [-0.39, 0.29) is 5.56 Å². The lowest BCUT2D eigenvalue weighted by Gasteiger charge is -2.11. The van der Waals surface area contributed by atoms with E-state index in [0.29, 0.717) is 21.9 Å². The van der Waals surface area contributed by atoms with Crippen LogP contribution in [-0.4, -0.2) is 21.2 Å². The summed E-state index contributed by atoms with van der Waals surface area (Å²) in [7, 11) is 0. The van der Waals surface area contributed by atoms with Gasteiger partial charge < -0.3 is 10.3 Å². The Balaban J connectivity index is 2.21. The van der Waals surface area contributed by atoms with E-state index in [9.17, 15) is 4.79 Å². The SMILES string of the molecule is CSc1nc(Nc2ccccc2C)c2c(=O)[nH]ccc2n1. The molecule has 0 fully saturated rings. The number of rotatable bonds is 3. The Labute approximate surface area is 125 Å². The number of H-pyrrole nitrogens is 1. The number of hydrogen-bond acceptors (Lipinski definition) is 5. The van der Waals surface area contributed by atoms with Crippen molar-refractivity contribution in [1.29, 1.82) is 0 Å². The molecule has 2 aromatic heterocycles. The van der Waals surface area contributed by atoms with Gasteiger partial charge in [0.15, 0.2) is 5.16 Å². The number of fused-ring (bicyclic) bond motifs is 1. The molecule has 2 N–H and O–H groups in total. The first kappa shape index (κ1) is 13.6. The van der Waals surface area contributed by atoms with Crippen LogP contribution >= 0.6 is 11.8 Å². The molecule has 0 saturated heterocycles. The number of aromatic nitrogens is 3. The molecule has 5 nitrogen and oxygen atoms in total. The van der Waals surface area contributed by atoms with Crippen LogP contribution in [0.15, 0.2) is 46.5 Å². The molecule has 6 heteroatoms. The summed E-state index contributed by atoms with van der Waals surface area (Å²) in [6, 6.07) is 9.66. The van der Waals surface area contributed by atoms with Crippen LogP contribution in [0.3, 0.4) is 0 Å². The lowest BCUT2D eigenvalue weighted by molar-refractivity contribution is 1.01. The highest BCUT2D eigenvalue weighted by Crippen LogP contribution is 2.25. The molecule has 0 saturated carbocycles. The normalized spacial score (nSPS) is 10.8. The number of nitrogens with zero attached hydrogens (tertiary/aromatic N) is 2. The molecule has 1 aromatic carbocycles. The number of aryl methyl sites for hydroxylation is 1. The Morgan fingerprint density at radius 1 is 1.19 bits per heavy atom. The van der Waals surface area contributed by atoms with Crippen molar-refractivity contribution in [3.8, 4) is 0 Å². The number of hydrogen-bond donors (Lipinski definition) is 2. The lowest BCUT2D eigenvalue weighted by Crippen LogP contribution is -2.10. The zero-order chi connectivity index (χ0) is 14.8. The summed E-state index contributed by atoms with van der Waals surface area (Å²) in [5, 5.41) is 4.35. The molecule has 2 heterocycles. The fourth-order valence-electron chi connectivity index (χ4n) is 2.09. The van der Waals surface area contributed by atoms with E-state index in [2.05, 4.69) is 20.3 Å². The summed E-state index contributed by atoms with van der Waals surface area (Å²) < 4.78 is 0. The van der Waals surface area contributed by atoms with E-state index in [1.807, 2.05) is 37.4 Å². The Bertz CT molecular complexity index is 860. The maximum atomic E-state index is 12.1. The molecular weight excluding hydrogens is 284 g/mol. The summed E-state index contributed by atoms with van der Waals surface area (Å²) in [5.74, 6) is 0.528. The largest absolute Gasteiger partial charge is 0.339 e. The molecule has 0 spiro atoms. The van der Waals surface area contributed by atoms with Gasteiger partial charge in [0.25, 0.3) is 5.56 Å². The molecule has 0 atom stereocenters. The zero-order valence-corrected chi connectivity index (χ0v) is 12.5. The van der Waals surface area contributed by atoms with Crippen LogP contribution in [0.25, 0.3) is 10.9 Å². The maximum absolute atomic E-state index is 12.1. The van der Waals surface area contributed by atoms with Crippen molar-refractivity contribution in [2.24, 2.45) is 0 Å². The highest BCUT2D eigenvalue weighted by Gasteiger charge is 2.11. The van der Waals surface area contributed by atoms with Gasteiger partial charge in [0.2, 0.25) is 0 Å². The van der Waals surface area contributed by atoms with Crippen molar-refractivity contribution < 1.29 is 0 Å². The molecule has 3 aromatic rings. The first-order valence-corrected chi connectivity index (χ1v) is 7.67. The summed E-state index contributed by atoms with van der Waals surface area (Å²) in [5.41, 5.74) is 2.44. The van der Waals surface area contributed by atoms with Gasteiger partial charge in [-0.15, -0.1) is 0 Å². The van der Waals surface area contributed by atoms with Gasteiger partial charge >= 0.3 is 0 Å². The number of aromatic amines is 1. The summed E-state index contributed by atoms with van der Waals surface area (Å²) in [6.07, 6.45) is 3.51. The molecule has 3 rings (SSSR count). The minimum absolute atomic E-state index is 0.198. The Morgan fingerprint density at radius 3 is 2.76 bits per heavy atom. The molecule has 0 aliphatic carbocycles. The van der Waals surface area contributed by atoms with Crippen LogP contribution in [0.1, 0.15) is 5.56 Å². The molecular formula is C15H14N4OS. The van der Waals surface area contributed by atoms with Gasteiger partial charge in [-0.05, 0) is 30.9 Å². The Hall–Kier alpha value is -2.34. The number of thioether (sulfide) groups is 1. The first-order valence-electron chi connectivity index (χ1n) is 6.45. The Kier molecular flexibility index (Phi) is 3.62. The van der Waals surface area contributed by atoms with Crippen LogP contribution in [-0.2, 0) is 0 Å². The topological polar surface area (TPSA) is 70.7 Å². The second-order valence-corrected chi connectivity index (χ2v) is 5.34. The summed E-state index contributed by atoms with van der Waals surface area (Å²) >= 11 is 1.44. The molecule has 0 unspecified atom stereocenters. The zero-order valence-electron chi connectivity index (χ0n) is 11.7. The fourth-order valence-corrected chi connectivity index (χ4v) is 2.46. The highest BCUT2D eigenvalue weighted by molar-refractivity contribution is 7.98. The van der Waals surface area contributed by atoms with Gasteiger partial charge in [0, 0.05) is 11.9 Å². The van der Waals surface area contributed by atoms with E-state index in [4.69, 9.17) is 0 Å². The van der Waals surface area contributed by atoms with Crippen LogP contribution in [0.5, 0.6) is 0 Å². The highest BCUT2D eigenvalue weighted by atomic mass is 32.2. The third-order valence-electron chi connectivity index (χ3n) is 3.18. The van der Waals surface area contributed by atoms with E-state index >= 15 is 0 Å². The fraction of sp³-hybridized carbons (Fsp3) is 0.133. The molecule has 21 heavy (non-hydrogen) atoms. The van der Waals surface area contributed by atoms with E-state index in [1.165, 1.54) is 11.8 Å². The van der Waals surface area contributed by atoms with Crippen molar-refractivity contribution in [3.63, 3.8) is 0 Å².